The Morgan fingerprint density at radius 2 is 2.33 bits per heavy atom. The molecule has 1 aliphatic heterocycles. The number of pyridine rings is 1. The summed E-state index contributed by atoms with van der Waals surface area (Å²) in [7, 11) is 4.28. The number of hydrogen-bond acceptors (Lipinski definition) is 4. The van der Waals surface area contributed by atoms with Crippen molar-refractivity contribution in [2.45, 2.75) is 32.0 Å². The van der Waals surface area contributed by atoms with Crippen LogP contribution >= 0.6 is 0 Å². The summed E-state index contributed by atoms with van der Waals surface area (Å²) in [4.78, 5) is 9.30. The number of aromatic nitrogens is 1. The van der Waals surface area contributed by atoms with Gasteiger partial charge in [-0.15, -0.1) is 0 Å². The zero-order valence-corrected chi connectivity index (χ0v) is 11.5. The van der Waals surface area contributed by atoms with Gasteiger partial charge in [0.2, 0.25) is 0 Å². The van der Waals surface area contributed by atoms with Crippen molar-refractivity contribution in [2.24, 2.45) is 5.73 Å². The third kappa shape index (κ3) is 3.28. The van der Waals surface area contributed by atoms with Crippen LogP contribution < -0.4 is 5.73 Å². The second-order valence-corrected chi connectivity index (χ2v) is 5.34. The Bertz CT molecular complexity index is 378. The largest absolute Gasteiger partial charge is 0.326 e. The predicted octanol–water partition coefficient (Wildman–Crippen LogP) is 1.07. The van der Waals surface area contributed by atoms with Crippen molar-refractivity contribution in [2.75, 3.05) is 27.2 Å². The van der Waals surface area contributed by atoms with Crippen LogP contribution in [0.4, 0.5) is 0 Å². The Balaban J connectivity index is 2.03. The number of likely N-dealkylation sites (tertiary alicyclic amines) is 1. The van der Waals surface area contributed by atoms with E-state index in [0.717, 1.165) is 18.8 Å². The van der Waals surface area contributed by atoms with Gasteiger partial charge in [-0.05, 0) is 45.1 Å². The third-order valence-electron chi connectivity index (χ3n) is 3.63. The average molecular weight is 248 g/mol. The summed E-state index contributed by atoms with van der Waals surface area (Å²) in [6.07, 6.45) is 4.46. The normalized spacial score (nSPS) is 20.8. The molecule has 4 heteroatoms. The van der Waals surface area contributed by atoms with E-state index in [9.17, 15) is 0 Å². The summed E-state index contributed by atoms with van der Waals surface area (Å²) >= 11 is 0. The van der Waals surface area contributed by atoms with Gasteiger partial charge in [-0.3, -0.25) is 9.88 Å². The van der Waals surface area contributed by atoms with Gasteiger partial charge in [-0.25, -0.2) is 0 Å². The van der Waals surface area contributed by atoms with Gasteiger partial charge in [0, 0.05) is 31.9 Å². The van der Waals surface area contributed by atoms with E-state index in [-0.39, 0.29) is 0 Å². The lowest BCUT2D eigenvalue weighted by Crippen LogP contribution is -2.37. The van der Waals surface area contributed by atoms with Crippen molar-refractivity contribution >= 4 is 0 Å². The molecule has 4 nitrogen and oxygen atoms in total. The summed E-state index contributed by atoms with van der Waals surface area (Å²) in [6, 6.07) is 4.71. The summed E-state index contributed by atoms with van der Waals surface area (Å²) in [6.45, 7) is 3.82. The van der Waals surface area contributed by atoms with Crippen molar-refractivity contribution in [3.05, 3.63) is 29.6 Å². The van der Waals surface area contributed by atoms with Gasteiger partial charge in [-0.2, -0.15) is 0 Å². The van der Waals surface area contributed by atoms with E-state index in [2.05, 4.69) is 34.9 Å². The number of likely N-dealkylation sites (N-methyl/N-ethyl adjacent to an activating group) is 1. The molecule has 2 heterocycles. The Kier molecular flexibility index (Phi) is 4.69. The average Bonchev–Trinajstić information content (AvgIpc) is 2.76. The number of rotatable bonds is 5. The maximum atomic E-state index is 5.77. The molecule has 0 saturated carbocycles. The van der Waals surface area contributed by atoms with Crippen LogP contribution in [0, 0.1) is 0 Å². The van der Waals surface area contributed by atoms with Gasteiger partial charge < -0.3 is 10.6 Å². The number of nitrogens with two attached hydrogens (primary N) is 1. The lowest BCUT2D eigenvalue weighted by Gasteiger charge is -2.27. The van der Waals surface area contributed by atoms with Crippen molar-refractivity contribution in [1.29, 1.82) is 0 Å². The fourth-order valence-electron chi connectivity index (χ4n) is 2.72. The highest BCUT2D eigenvalue weighted by Crippen LogP contribution is 2.20. The smallest absolute Gasteiger partial charge is 0.0588 e. The van der Waals surface area contributed by atoms with Gasteiger partial charge in [0.15, 0.2) is 0 Å². The summed E-state index contributed by atoms with van der Waals surface area (Å²) < 4.78 is 0. The Morgan fingerprint density at radius 1 is 1.50 bits per heavy atom. The summed E-state index contributed by atoms with van der Waals surface area (Å²) in [5.41, 5.74) is 8.09. The molecule has 1 atom stereocenters. The highest BCUT2D eigenvalue weighted by atomic mass is 15.2. The van der Waals surface area contributed by atoms with Crippen LogP contribution in [0.25, 0.3) is 0 Å². The van der Waals surface area contributed by atoms with Crippen molar-refractivity contribution in [3.8, 4) is 0 Å². The van der Waals surface area contributed by atoms with E-state index in [0.29, 0.717) is 12.6 Å². The molecule has 0 radical (unpaired) electrons. The topological polar surface area (TPSA) is 45.4 Å². The Labute approximate surface area is 110 Å². The molecule has 1 saturated heterocycles. The van der Waals surface area contributed by atoms with Crippen LogP contribution in [0.3, 0.4) is 0 Å². The van der Waals surface area contributed by atoms with E-state index in [1.165, 1.54) is 24.9 Å². The van der Waals surface area contributed by atoms with Gasteiger partial charge in [0.05, 0.1) is 5.69 Å². The molecule has 0 aromatic carbocycles. The maximum absolute atomic E-state index is 5.77. The zero-order valence-electron chi connectivity index (χ0n) is 11.5. The minimum Gasteiger partial charge on any atom is -0.326 e. The quantitative estimate of drug-likeness (QED) is 0.846. The monoisotopic (exact) mass is 248 g/mol. The molecule has 2 rings (SSSR count). The lowest BCUT2D eigenvalue weighted by atomic mass is 10.1. The van der Waals surface area contributed by atoms with E-state index < -0.39 is 0 Å². The van der Waals surface area contributed by atoms with Gasteiger partial charge in [0.1, 0.15) is 0 Å². The molecule has 18 heavy (non-hydrogen) atoms. The standard InChI is InChI=1S/C14H24N4/c1-17(2)10-13-6-4-8-18(13)11-14-12(9-15)5-3-7-16-14/h3,5,7,13H,4,6,8-11,15H2,1-2H3. The van der Waals surface area contributed by atoms with E-state index in [1.807, 2.05) is 12.3 Å². The van der Waals surface area contributed by atoms with Crippen molar-refractivity contribution in [3.63, 3.8) is 0 Å². The summed E-state index contributed by atoms with van der Waals surface area (Å²) in [5, 5.41) is 0. The highest BCUT2D eigenvalue weighted by molar-refractivity contribution is 5.19. The molecular formula is C14H24N4. The van der Waals surface area contributed by atoms with Crippen LogP contribution in [0.5, 0.6) is 0 Å². The molecule has 2 N–H and O–H groups in total. The predicted molar refractivity (Wildman–Crippen MR) is 74.1 cm³/mol. The minimum atomic E-state index is 0.579. The van der Waals surface area contributed by atoms with E-state index in [1.54, 1.807) is 0 Å². The molecule has 0 amide bonds. The van der Waals surface area contributed by atoms with Crippen molar-refractivity contribution < 1.29 is 0 Å². The molecule has 1 aromatic heterocycles. The molecule has 1 aliphatic rings. The van der Waals surface area contributed by atoms with Crippen molar-refractivity contribution in [1.82, 2.24) is 14.8 Å². The van der Waals surface area contributed by atoms with Gasteiger partial charge in [-0.1, -0.05) is 6.07 Å². The first kappa shape index (κ1) is 13.5. The maximum Gasteiger partial charge on any atom is 0.0588 e. The number of hydrogen-bond donors (Lipinski definition) is 1. The van der Waals surface area contributed by atoms with E-state index in [4.69, 9.17) is 5.73 Å². The SMILES string of the molecule is CN(C)CC1CCCN1Cc1ncccc1CN. The first-order chi connectivity index (χ1) is 8.70. The number of nitrogens with zero attached hydrogens (tertiary/aromatic N) is 3. The Morgan fingerprint density at radius 3 is 3.06 bits per heavy atom. The van der Waals surface area contributed by atoms with Gasteiger partial charge >= 0.3 is 0 Å². The second kappa shape index (κ2) is 6.27. The molecule has 0 aliphatic carbocycles. The zero-order chi connectivity index (χ0) is 13.0. The molecule has 0 bridgehead atoms. The first-order valence-corrected chi connectivity index (χ1v) is 6.72. The molecule has 1 unspecified atom stereocenters. The third-order valence-corrected chi connectivity index (χ3v) is 3.63. The first-order valence-electron chi connectivity index (χ1n) is 6.72. The minimum absolute atomic E-state index is 0.579. The Hall–Kier alpha value is -0.970. The van der Waals surface area contributed by atoms with Crippen LogP contribution in [0.15, 0.2) is 18.3 Å². The fourth-order valence-corrected chi connectivity index (χ4v) is 2.72. The molecule has 100 valence electrons. The lowest BCUT2D eigenvalue weighted by molar-refractivity contribution is 0.198. The molecule has 1 fully saturated rings. The van der Waals surface area contributed by atoms with Crippen LogP contribution in [0.1, 0.15) is 24.1 Å². The van der Waals surface area contributed by atoms with Crippen LogP contribution in [-0.4, -0.2) is 48.0 Å². The molecule has 1 aromatic rings. The highest BCUT2D eigenvalue weighted by Gasteiger charge is 2.25. The molecular weight excluding hydrogens is 224 g/mol. The van der Waals surface area contributed by atoms with E-state index >= 15 is 0 Å². The molecule has 0 spiro atoms. The summed E-state index contributed by atoms with van der Waals surface area (Å²) in [5.74, 6) is 0. The van der Waals surface area contributed by atoms with Crippen LogP contribution in [0.2, 0.25) is 0 Å². The van der Waals surface area contributed by atoms with Crippen LogP contribution in [-0.2, 0) is 13.1 Å². The fraction of sp³-hybridized carbons (Fsp3) is 0.643. The second-order valence-electron chi connectivity index (χ2n) is 5.34. The van der Waals surface area contributed by atoms with Gasteiger partial charge in [0.25, 0.3) is 0 Å².